The van der Waals surface area contributed by atoms with Gasteiger partial charge in [-0.15, -0.1) is 0 Å². The molecule has 0 saturated heterocycles. The summed E-state index contributed by atoms with van der Waals surface area (Å²) in [6.07, 6.45) is 6.24. The zero-order valence-electron chi connectivity index (χ0n) is 9.45. The Hall–Kier alpha value is -1.58. The topological polar surface area (TPSA) is 46.9 Å². The van der Waals surface area contributed by atoms with E-state index in [1.807, 2.05) is 33.0 Å². The lowest BCUT2D eigenvalue weighted by atomic mass is 10.2. The highest BCUT2D eigenvalue weighted by atomic mass is 16.1. The van der Waals surface area contributed by atoms with Crippen LogP contribution in [0, 0.1) is 0 Å². The van der Waals surface area contributed by atoms with Crippen molar-refractivity contribution in [3.05, 3.63) is 24.0 Å². The fourth-order valence-corrected chi connectivity index (χ4v) is 1.23. The lowest BCUT2D eigenvalue weighted by Gasteiger charge is -2.01. The van der Waals surface area contributed by atoms with Crippen molar-refractivity contribution in [3.63, 3.8) is 0 Å². The SMILES string of the molecule is CCC=C(C)C(=O)Nc1cnn(CC)c1. The van der Waals surface area contributed by atoms with E-state index in [1.165, 1.54) is 0 Å². The van der Waals surface area contributed by atoms with Gasteiger partial charge in [-0.05, 0) is 20.3 Å². The maximum Gasteiger partial charge on any atom is 0.251 e. The van der Waals surface area contributed by atoms with Crippen LogP contribution in [0.1, 0.15) is 27.2 Å². The first-order valence-corrected chi connectivity index (χ1v) is 5.18. The number of amides is 1. The molecule has 1 aromatic heterocycles. The van der Waals surface area contributed by atoms with Gasteiger partial charge in [0, 0.05) is 18.3 Å². The number of nitrogens with zero attached hydrogens (tertiary/aromatic N) is 2. The first kappa shape index (κ1) is 11.5. The molecule has 1 rings (SSSR count). The molecule has 0 atom stereocenters. The van der Waals surface area contributed by atoms with Crippen LogP contribution in [-0.4, -0.2) is 15.7 Å². The number of carbonyl (C=O) groups is 1. The van der Waals surface area contributed by atoms with Crippen LogP contribution >= 0.6 is 0 Å². The zero-order chi connectivity index (χ0) is 11.3. The van der Waals surface area contributed by atoms with Crippen molar-refractivity contribution in [2.24, 2.45) is 0 Å². The van der Waals surface area contributed by atoms with Gasteiger partial charge in [0.15, 0.2) is 0 Å². The van der Waals surface area contributed by atoms with E-state index >= 15 is 0 Å². The Morgan fingerprint density at radius 2 is 2.33 bits per heavy atom. The molecule has 0 saturated carbocycles. The molecule has 0 fully saturated rings. The van der Waals surface area contributed by atoms with Crippen molar-refractivity contribution in [1.29, 1.82) is 0 Å². The van der Waals surface area contributed by atoms with Crippen LogP contribution < -0.4 is 5.32 Å². The Balaban J connectivity index is 2.62. The Morgan fingerprint density at radius 1 is 1.60 bits per heavy atom. The molecular formula is C11H17N3O. The molecule has 1 heterocycles. The van der Waals surface area contributed by atoms with Crippen LogP contribution in [0.25, 0.3) is 0 Å². The summed E-state index contributed by atoms with van der Waals surface area (Å²) in [5.74, 6) is -0.0625. The minimum Gasteiger partial charge on any atom is -0.320 e. The summed E-state index contributed by atoms with van der Waals surface area (Å²) in [6.45, 7) is 6.62. The number of aromatic nitrogens is 2. The van der Waals surface area contributed by atoms with Crippen LogP contribution in [0.15, 0.2) is 24.0 Å². The van der Waals surface area contributed by atoms with Crippen LogP contribution in [0.4, 0.5) is 5.69 Å². The minimum absolute atomic E-state index is 0.0625. The number of hydrogen-bond acceptors (Lipinski definition) is 2. The van der Waals surface area contributed by atoms with E-state index in [-0.39, 0.29) is 5.91 Å². The van der Waals surface area contributed by atoms with E-state index in [1.54, 1.807) is 10.9 Å². The highest BCUT2D eigenvalue weighted by Gasteiger charge is 2.05. The maximum atomic E-state index is 11.6. The number of nitrogens with one attached hydrogen (secondary N) is 1. The predicted molar refractivity (Wildman–Crippen MR) is 60.6 cm³/mol. The van der Waals surface area contributed by atoms with Crippen molar-refractivity contribution < 1.29 is 4.79 Å². The molecule has 82 valence electrons. The molecule has 0 aromatic carbocycles. The summed E-state index contributed by atoms with van der Waals surface area (Å²) in [7, 11) is 0. The van der Waals surface area contributed by atoms with Gasteiger partial charge >= 0.3 is 0 Å². The van der Waals surface area contributed by atoms with E-state index in [9.17, 15) is 4.79 Å². The number of carbonyl (C=O) groups excluding carboxylic acids is 1. The standard InChI is InChI=1S/C11H17N3O/c1-4-6-9(3)11(15)13-10-7-12-14(5-2)8-10/h6-8H,4-5H2,1-3H3,(H,13,15). The second kappa shape index (κ2) is 5.34. The Bertz CT molecular complexity index is 366. The van der Waals surface area contributed by atoms with Gasteiger partial charge in [0.2, 0.25) is 0 Å². The molecule has 1 amide bonds. The van der Waals surface area contributed by atoms with E-state index in [0.717, 1.165) is 24.2 Å². The molecule has 0 radical (unpaired) electrons. The number of allylic oxidation sites excluding steroid dienone is 1. The first-order valence-electron chi connectivity index (χ1n) is 5.18. The van der Waals surface area contributed by atoms with Gasteiger partial charge in [-0.2, -0.15) is 5.10 Å². The van der Waals surface area contributed by atoms with Gasteiger partial charge in [-0.25, -0.2) is 0 Å². The summed E-state index contributed by atoms with van der Waals surface area (Å²) < 4.78 is 1.77. The third-order valence-electron chi connectivity index (χ3n) is 2.08. The molecule has 0 aliphatic rings. The summed E-state index contributed by atoms with van der Waals surface area (Å²) >= 11 is 0. The maximum absolute atomic E-state index is 11.6. The molecule has 4 nitrogen and oxygen atoms in total. The second-order valence-corrected chi connectivity index (χ2v) is 3.33. The van der Waals surface area contributed by atoms with E-state index < -0.39 is 0 Å². The highest BCUT2D eigenvalue weighted by Crippen LogP contribution is 2.07. The summed E-state index contributed by atoms with van der Waals surface area (Å²) in [5.41, 5.74) is 1.48. The lowest BCUT2D eigenvalue weighted by Crippen LogP contribution is -2.12. The van der Waals surface area contributed by atoms with Gasteiger partial charge in [-0.3, -0.25) is 9.48 Å². The monoisotopic (exact) mass is 207 g/mol. The summed E-state index contributed by atoms with van der Waals surface area (Å²) in [6, 6.07) is 0. The number of rotatable bonds is 4. The summed E-state index contributed by atoms with van der Waals surface area (Å²) in [4.78, 5) is 11.6. The molecule has 0 unspecified atom stereocenters. The molecule has 1 aromatic rings. The third kappa shape index (κ3) is 3.23. The van der Waals surface area contributed by atoms with Crippen LogP contribution in [0.2, 0.25) is 0 Å². The Morgan fingerprint density at radius 3 is 2.87 bits per heavy atom. The van der Waals surface area contributed by atoms with Gasteiger partial charge in [-0.1, -0.05) is 13.0 Å². The lowest BCUT2D eigenvalue weighted by molar-refractivity contribution is -0.112. The molecular weight excluding hydrogens is 190 g/mol. The van der Waals surface area contributed by atoms with Crippen molar-refractivity contribution >= 4 is 11.6 Å². The van der Waals surface area contributed by atoms with Gasteiger partial charge in [0.25, 0.3) is 5.91 Å². The van der Waals surface area contributed by atoms with Crippen molar-refractivity contribution in [1.82, 2.24) is 9.78 Å². The van der Waals surface area contributed by atoms with Crippen molar-refractivity contribution in [2.45, 2.75) is 33.7 Å². The first-order chi connectivity index (χ1) is 7.17. The number of hydrogen-bond donors (Lipinski definition) is 1. The Labute approximate surface area is 90.0 Å². The molecule has 0 aliphatic carbocycles. The molecule has 0 aliphatic heterocycles. The molecule has 0 bridgehead atoms. The smallest absolute Gasteiger partial charge is 0.251 e. The largest absolute Gasteiger partial charge is 0.320 e. The van der Waals surface area contributed by atoms with Crippen LogP contribution in [-0.2, 0) is 11.3 Å². The van der Waals surface area contributed by atoms with Gasteiger partial charge in [0.1, 0.15) is 0 Å². The number of anilines is 1. The normalized spacial score (nSPS) is 11.5. The van der Waals surface area contributed by atoms with Gasteiger partial charge < -0.3 is 5.32 Å². The average molecular weight is 207 g/mol. The molecule has 15 heavy (non-hydrogen) atoms. The third-order valence-corrected chi connectivity index (χ3v) is 2.08. The van der Waals surface area contributed by atoms with Crippen LogP contribution in [0.5, 0.6) is 0 Å². The van der Waals surface area contributed by atoms with E-state index in [2.05, 4.69) is 10.4 Å². The zero-order valence-corrected chi connectivity index (χ0v) is 9.45. The Kier molecular flexibility index (Phi) is 4.09. The number of aryl methyl sites for hydroxylation is 1. The highest BCUT2D eigenvalue weighted by molar-refractivity contribution is 6.03. The quantitative estimate of drug-likeness (QED) is 0.769. The minimum atomic E-state index is -0.0625. The molecule has 4 heteroatoms. The van der Waals surface area contributed by atoms with Gasteiger partial charge in [0.05, 0.1) is 11.9 Å². The van der Waals surface area contributed by atoms with E-state index in [0.29, 0.717) is 0 Å². The van der Waals surface area contributed by atoms with Crippen LogP contribution in [0.3, 0.4) is 0 Å². The summed E-state index contributed by atoms with van der Waals surface area (Å²) in [5, 5.41) is 6.87. The average Bonchev–Trinajstić information content (AvgIpc) is 2.66. The second-order valence-electron chi connectivity index (χ2n) is 3.33. The fraction of sp³-hybridized carbons (Fsp3) is 0.455. The van der Waals surface area contributed by atoms with Crippen molar-refractivity contribution in [2.75, 3.05) is 5.32 Å². The molecule has 1 N–H and O–H groups in total. The predicted octanol–water partition coefficient (Wildman–Crippen LogP) is 2.20. The fourth-order valence-electron chi connectivity index (χ4n) is 1.23. The van der Waals surface area contributed by atoms with E-state index in [4.69, 9.17) is 0 Å². The van der Waals surface area contributed by atoms with Crippen molar-refractivity contribution in [3.8, 4) is 0 Å². The molecule has 0 spiro atoms.